The van der Waals surface area contributed by atoms with Crippen molar-refractivity contribution in [3.63, 3.8) is 0 Å². The van der Waals surface area contributed by atoms with Crippen LogP contribution in [0.3, 0.4) is 0 Å². The molecule has 2 atom stereocenters. The smallest absolute Gasteiger partial charge is 0.224 e. The lowest BCUT2D eigenvalue weighted by molar-refractivity contribution is -0.116. The van der Waals surface area contributed by atoms with E-state index >= 15 is 0 Å². The summed E-state index contributed by atoms with van der Waals surface area (Å²) in [4.78, 5) is 22.7. The summed E-state index contributed by atoms with van der Waals surface area (Å²) in [5, 5.41) is 13.5. The van der Waals surface area contributed by atoms with Crippen LogP contribution in [0, 0.1) is 0 Å². The zero-order chi connectivity index (χ0) is 20.4. The summed E-state index contributed by atoms with van der Waals surface area (Å²) in [7, 11) is 0. The van der Waals surface area contributed by atoms with E-state index in [1.165, 1.54) is 0 Å². The van der Waals surface area contributed by atoms with Crippen molar-refractivity contribution < 1.29 is 14.6 Å². The molecule has 3 heterocycles. The first-order chi connectivity index (χ1) is 14.0. The van der Waals surface area contributed by atoms with E-state index in [0.717, 1.165) is 47.9 Å². The Morgan fingerprint density at radius 2 is 2.17 bits per heavy atom. The van der Waals surface area contributed by atoms with E-state index in [1.807, 2.05) is 30.5 Å². The standard InChI is InChI=1S/C22H28N4O3/c1-14(2)22-23-9-7-16(24-22)12-26-10-8-20(19(27)13-26)29-17-4-5-18-15(11-17)3-6-21(28)25-18/h4-5,7,9,11,14,19-20,27H,3,6,8,10,12-13H2,1-2H3,(H,25,28)/t19-,20-/m1/s1. The van der Waals surface area contributed by atoms with E-state index in [1.54, 1.807) is 0 Å². The topological polar surface area (TPSA) is 87.6 Å². The summed E-state index contributed by atoms with van der Waals surface area (Å²) in [6, 6.07) is 7.65. The lowest BCUT2D eigenvalue weighted by Crippen LogP contribution is -2.48. The minimum absolute atomic E-state index is 0.0539. The number of piperidine rings is 1. The number of anilines is 1. The maximum Gasteiger partial charge on any atom is 0.224 e. The minimum atomic E-state index is -0.564. The predicted molar refractivity (Wildman–Crippen MR) is 110 cm³/mol. The number of aromatic nitrogens is 2. The number of carbonyl (C=O) groups excluding carboxylic acids is 1. The highest BCUT2D eigenvalue weighted by molar-refractivity contribution is 5.93. The Morgan fingerprint density at radius 3 is 2.97 bits per heavy atom. The number of aliphatic hydroxyl groups excluding tert-OH is 1. The van der Waals surface area contributed by atoms with Gasteiger partial charge >= 0.3 is 0 Å². The molecule has 1 fully saturated rings. The molecule has 1 aromatic carbocycles. The number of carbonyl (C=O) groups is 1. The maximum absolute atomic E-state index is 11.5. The fraction of sp³-hybridized carbons (Fsp3) is 0.500. The number of rotatable bonds is 5. The van der Waals surface area contributed by atoms with E-state index < -0.39 is 6.10 Å². The van der Waals surface area contributed by atoms with E-state index in [4.69, 9.17) is 4.74 Å². The number of benzene rings is 1. The van der Waals surface area contributed by atoms with Gasteiger partial charge in [0.2, 0.25) is 5.91 Å². The van der Waals surface area contributed by atoms with Crippen LogP contribution in [-0.2, 0) is 17.8 Å². The van der Waals surface area contributed by atoms with Gasteiger partial charge in [-0.15, -0.1) is 0 Å². The van der Waals surface area contributed by atoms with Crippen LogP contribution < -0.4 is 10.1 Å². The molecule has 1 amide bonds. The van der Waals surface area contributed by atoms with E-state index in [0.29, 0.717) is 25.4 Å². The monoisotopic (exact) mass is 396 g/mol. The Morgan fingerprint density at radius 1 is 1.31 bits per heavy atom. The molecule has 1 saturated heterocycles. The number of hydrogen-bond acceptors (Lipinski definition) is 6. The molecule has 2 aliphatic rings. The van der Waals surface area contributed by atoms with Gasteiger partial charge in [0.15, 0.2) is 0 Å². The molecule has 2 N–H and O–H groups in total. The molecule has 0 bridgehead atoms. The Balaban J connectivity index is 1.35. The van der Waals surface area contributed by atoms with Crippen LogP contribution in [0.15, 0.2) is 30.5 Å². The van der Waals surface area contributed by atoms with Crippen LogP contribution >= 0.6 is 0 Å². The summed E-state index contributed by atoms with van der Waals surface area (Å²) in [5.74, 6) is 1.95. The van der Waals surface area contributed by atoms with Gasteiger partial charge in [0.25, 0.3) is 0 Å². The average Bonchev–Trinajstić information content (AvgIpc) is 2.70. The predicted octanol–water partition coefficient (Wildman–Crippen LogP) is 2.50. The van der Waals surface area contributed by atoms with Crippen molar-refractivity contribution in [1.29, 1.82) is 0 Å². The minimum Gasteiger partial charge on any atom is -0.488 e. The van der Waals surface area contributed by atoms with Gasteiger partial charge in [-0.3, -0.25) is 9.69 Å². The van der Waals surface area contributed by atoms with E-state index in [2.05, 4.69) is 34.0 Å². The highest BCUT2D eigenvalue weighted by atomic mass is 16.5. The number of nitrogens with zero attached hydrogens (tertiary/aromatic N) is 3. The molecular weight excluding hydrogens is 368 g/mol. The van der Waals surface area contributed by atoms with Crippen molar-refractivity contribution >= 4 is 11.6 Å². The van der Waals surface area contributed by atoms with Crippen LogP contribution in [0.2, 0.25) is 0 Å². The largest absolute Gasteiger partial charge is 0.488 e. The van der Waals surface area contributed by atoms with Gasteiger partial charge in [-0.05, 0) is 42.7 Å². The summed E-state index contributed by atoms with van der Waals surface area (Å²) in [5.41, 5.74) is 2.92. The SMILES string of the molecule is CC(C)c1nccc(CN2CC[C@@H](Oc3ccc4c(c3)CCC(=O)N4)[C@H](O)C2)n1. The number of ether oxygens (including phenoxy) is 1. The molecule has 7 nitrogen and oxygen atoms in total. The normalized spacial score (nSPS) is 22.3. The number of β-amino-alcohol motifs (C(OH)–C–C–N with tert-alkyl or cyclic N) is 1. The van der Waals surface area contributed by atoms with Gasteiger partial charge in [-0.1, -0.05) is 13.8 Å². The van der Waals surface area contributed by atoms with Crippen molar-refractivity contribution in [1.82, 2.24) is 14.9 Å². The Hall–Kier alpha value is -2.51. The first-order valence-electron chi connectivity index (χ1n) is 10.3. The Bertz CT molecular complexity index is 886. The van der Waals surface area contributed by atoms with Crippen LogP contribution in [0.5, 0.6) is 5.75 Å². The molecule has 0 radical (unpaired) electrons. The number of nitrogens with one attached hydrogen (secondary N) is 1. The van der Waals surface area contributed by atoms with Gasteiger partial charge in [-0.25, -0.2) is 9.97 Å². The number of amides is 1. The number of aryl methyl sites for hydroxylation is 1. The fourth-order valence-corrected chi connectivity index (χ4v) is 3.87. The lowest BCUT2D eigenvalue weighted by Gasteiger charge is -2.36. The van der Waals surface area contributed by atoms with Crippen LogP contribution in [0.25, 0.3) is 0 Å². The van der Waals surface area contributed by atoms with Crippen molar-refractivity contribution in [3.05, 3.63) is 47.5 Å². The highest BCUT2D eigenvalue weighted by Gasteiger charge is 2.30. The molecule has 4 rings (SSSR count). The second-order valence-electron chi connectivity index (χ2n) is 8.18. The molecule has 1 aromatic heterocycles. The third-order valence-electron chi connectivity index (χ3n) is 5.50. The van der Waals surface area contributed by atoms with Crippen molar-refractivity contribution in [2.45, 2.75) is 57.8 Å². The third-order valence-corrected chi connectivity index (χ3v) is 5.50. The zero-order valence-corrected chi connectivity index (χ0v) is 17.0. The number of likely N-dealkylation sites (tertiary alicyclic amines) is 1. The molecule has 0 spiro atoms. The highest BCUT2D eigenvalue weighted by Crippen LogP contribution is 2.28. The Kier molecular flexibility index (Phi) is 5.78. The summed E-state index contributed by atoms with van der Waals surface area (Å²) >= 11 is 0. The van der Waals surface area contributed by atoms with Gasteiger partial charge in [-0.2, -0.15) is 0 Å². The molecule has 7 heteroatoms. The van der Waals surface area contributed by atoms with E-state index in [9.17, 15) is 9.90 Å². The molecule has 0 saturated carbocycles. The molecule has 2 aliphatic heterocycles. The second-order valence-corrected chi connectivity index (χ2v) is 8.18. The number of aliphatic hydroxyl groups is 1. The Labute approximate surface area is 171 Å². The van der Waals surface area contributed by atoms with Crippen LogP contribution in [0.4, 0.5) is 5.69 Å². The number of hydrogen-bond donors (Lipinski definition) is 2. The fourth-order valence-electron chi connectivity index (χ4n) is 3.87. The first-order valence-corrected chi connectivity index (χ1v) is 10.3. The summed E-state index contributed by atoms with van der Waals surface area (Å²) in [6.07, 6.45) is 2.97. The first kappa shape index (κ1) is 19.8. The van der Waals surface area contributed by atoms with Crippen molar-refractivity contribution in [2.75, 3.05) is 18.4 Å². The van der Waals surface area contributed by atoms with Gasteiger partial charge < -0.3 is 15.2 Å². The van der Waals surface area contributed by atoms with Crippen LogP contribution in [-0.4, -0.2) is 51.2 Å². The molecular formula is C22H28N4O3. The van der Waals surface area contributed by atoms with Gasteiger partial charge in [0.1, 0.15) is 23.8 Å². The maximum atomic E-state index is 11.5. The molecule has 0 aliphatic carbocycles. The second kappa shape index (κ2) is 8.47. The lowest BCUT2D eigenvalue weighted by atomic mass is 10.0. The molecule has 154 valence electrons. The van der Waals surface area contributed by atoms with Crippen molar-refractivity contribution in [2.24, 2.45) is 0 Å². The zero-order valence-electron chi connectivity index (χ0n) is 17.0. The van der Waals surface area contributed by atoms with Gasteiger partial charge in [0.05, 0.1) is 5.69 Å². The summed E-state index contributed by atoms with van der Waals surface area (Å²) in [6.45, 7) is 6.25. The van der Waals surface area contributed by atoms with Crippen molar-refractivity contribution in [3.8, 4) is 5.75 Å². The average molecular weight is 396 g/mol. The summed E-state index contributed by atoms with van der Waals surface area (Å²) < 4.78 is 6.09. The van der Waals surface area contributed by atoms with Crippen LogP contribution in [0.1, 0.15) is 49.7 Å². The number of fused-ring (bicyclic) bond motifs is 1. The third kappa shape index (κ3) is 4.74. The molecule has 29 heavy (non-hydrogen) atoms. The molecule has 0 unspecified atom stereocenters. The van der Waals surface area contributed by atoms with E-state index in [-0.39, 0.29) is 12.0 Å². The quantitative estimate of drug-likeness (QED) is 0.807. The van der Waals surface area contributed by atoms with Gasteiger partial charge in [0, 0.05) is 43.9 Å². The molecule has 2 aromatic rings.